The van der Waals surface area contributed by atoms with Gasteiger partial charge in [-0.15, -0.1) is 20.4 Å². The van der Waals surface area contributed by atoms with Crippen molar-refractivity contribution in [1.82, 2.24) is 34.7 Å². The summed E-state index contributed by atoms with van der Waals surface area (Å²) in [4.78, 5) is 4.88. The number of hydrogen-bond acceptors (Lipinski definition) is 11. The summed E-state index contributed by atoms with van der Waals surface area (Å²) in [5.41, 5.74) is 6.22. The lowest BCUT2D eigenvalue weighted by Gasteiger charge is -2.13. The van der Waals surface area contributed by atoms with Crippen LogP contribution in [0, 0.1) is 0 Å². The highest BCUT2D eigenvalue weighted by molar-refractivity contribution is 8.00. The minimum atomic E-state index is 0.666. The number of pyridine rings is 1. The number of aromatic nitrogens is 7. The van der Waals surface area contributed by atoms with Crippen LogP contribution in [0.15, 0.2) is 110 Å². The van der Waals surface area contributed by atoms with Crippen LogP contribution in [0.2, 0.25) is 0 Å². The number of fused-ring (bicyclic) bond motifs is 2. The van der Waals surface area contributed by atoms with Gasteiger partial charge in [-0.2, -0.15) is 19.6 Å². The maximum atomic E-state index is 4.88. The summed E-state index contributed by atoms with van der Waals surface area (Å²) in [7, 11) is 0. The predicted octanol–water partition coefficient (Wildman–Crippen LogP) is 5.57. The molecular weight excluding hydrogens is 579 g/mol. The summed E-state index contributed by atoms with van der Waals surface area (Å²) >= 11 is 6.48. The van der Waals surface area contributed by atoms with E-state index in [4.69, 9.17) is 15.2 Å². The average Bonchev–Trinajstić information content (AvgIpc) is 3.63. The minimum absolute atomic E-state index is 0.666. The second kappa shape index (κ2) is 11.6. The van der Waals surface area contributed by atoms with E-state index in [9.17, 15) is 0 Å². The lowest BCUT2D eigenvalue weighted by Crippen LogP contribution is -2.13. The molecule has 0 aliphatic carbocycles. The van der Waals surface area contributed by atoms with E-state index < -0.39 is 0 Å². The molecule has 0 amide bonds. The summed E-state index contributed by atoms with van der Waals surface area (Å²) in [6, 6.07) is 26.6. The van der Waals surface area contributed by atoms with Crippen LogP contribution in [0.4, 0.5) is 0 Å². The Hall–Kier alpha value is -3.39. The molecule has 198 valence electrons. The Labute approximate surface area is 247 Å². The summed E-state index contributed by atoms with van der Waals surface area (Å²) in [5, 5.41) is 30.3. The SMILES string of the molecule is c1ccc(C2=Nn3c(nnc3SCc3cccc(CSc4nnc5n4N=C(c4ccccc4)CS5)n3)SC2)cc1. The first-order valence-corrected chi connectivity index (χ1v) is 16.4. The third-order valence-corrected chi connectivity index (χ3v) is 9.83. The van der Waals surface area contributed by atoms with Gasteiger partial charge < -0.3 is 0 Å². The smallest absolute Gasteiger partial charge is 0.213 e. The summed E-state index contributed by atoms with van der Waals surface area (Å²) in [6.07, 6.45) is 0. The molecule has 40 heavy (non-hydrogen) atoms. The van der Waals surface area contributed by atoms with E-state index in [2.05, 4.69) is 44.7 Å². The number of nitrogens with zero attached hydrogens (tertiary/aromatic N) is 9. The first kappa shape index (κ1) is 25.6. The molecule has 5 aromatic rings. The molecule has 2 aromatic carbocycles. The predicted molar refractivity (Wildman–Crippen MR) is 162 cm³/mol. The molecule has 3 aromatic heterocycles. The van der Waals surface area contributed by atoms with Crippen molar-refractivity contribution in [2.24, 2.45) is 10.2 Å². The van der Waals surface area contributed by atoms with Gasteiger partial charge in [0.15, 0.2) is 0 Å². The number of thioether (sulfide) groups is 4. The highest BCUT2D eigenvalue weighted by atomic mass is 32.2. The third kappa shape index (κ3) is 5.46. The zero-order chi connectivity index (χ0) is 26.7. The van der Waals surface area contributed by atoms with Crippen molar-refractivity contribution >= 4 is 58.5 Å². The second-order valence-corrected chi connectivity index (χ2v) is 12.5. The molecule has 0 N–H and O–H groups in total. The van der Waals surface area contributed by atoms with Gasteiger partial charge in [-0.3, -0.25) is 4.98 Å². The molecular formula is C27H21N9S4. The molecule has 0 atom stereocenters. The molecule has 9 nitrogen and oxygen atoms in total. The van der Waals surface area contributed by atoms with Crippen molar-refractivity contribution in [3.63, 3.8) is 0 Å². The van der Waals surface area contributed by atoms with Gasteiger partial charge in [0.2, 0.25) is 20.6 Å². The maximum absolute atomic E-state index is 4.88. The molecule has 7 rings (SSSR count). The Morgan fingerprint density at radius 2 is 1.05 bits per heavy atom. The van der Waals surface area contributed by atoms with Crippen molar-refractivity contribution in [2.75, 3.05) is 11.5 Å². The molecule has 2 aliphatic rings. The van der Waals surface area contributed by atoms with Crippen molar-refractivity contribution in [1.29, 1.82) is 0 Å². The number of benzene rings is 2. The molecule has 0 fully saturated rings. The van der Waals surface area contributed by atoms with Crippen LogP contribution in [0.25, 0.3) is 0 Å². The lowest BCUT2D eigenvalue weighted by atomic mass is 10.1. The monoisotopic (exact) mass is 599 g/mol. The van der Waals surface area contributed by atoms with E-state index in [0.717, 1.165) is 66.1 Å². The molecule has 13 heteroatoms. The van der Waals surface area contributed by atoms with E-state index in [1.54, 1.807) is 47.0 Å². The quantitative estimate of drug-likeness (QED) is 0.212. The van der Waals surface area contributed by atoms with Crippen LogP contribution >= 0.6 is 47.0 Å². The molecule has 0 unspecified atom stereocenters. The van der Waals surface area contributed by atoms with Crippen LogP contribution in [-0.4, -0.2) is 57.7 Å². The number of hydrogen-bond donors (Lipinski definition) is 0. The zero-order valence-corrected chi connectivity index (χ0v) is 24.3. The van der Waals surface area contributed by atoms with Gasteiger partial charge in [0, 0.05) is 23.0 Å². The van der Waals surface area contributed by atoms with Gasteiger partial charge in [0.25, 0.3) is 0 Å². The Morgan fingerprint density at radius 3 is 1.52 bits per heavy atom. The van der Waals surface area contributed by atoms with Gasteiger partial charge in [-0.1, -0.05) is 114 Å². The molecule has 0 bridgehead atoms. The average molecular weight is 600 g/mol. The highest BCUT2D eigenvalue weighted by Gasteiger charge is 2.22. The normalized spacial score (nSPS) is 14.3. The van der Waals surface area contributed by atoms with E-state index in [1.807, 2.05) is 63.9 Å². The fourth-order valence-electron chi connectivity index (χ4n) is 4.11. The lowest BCUT2D eigenvalue weighted by molar-refractivity contribution is 0.693. The third-order valence-electron chi connectivity index (χ3n) is 6.06. The summed E-state index contributed by atoms with van der Waals surface area (Å²) in [5.74, 6) is 2.89. The Balaban J connectivity index is 1.02. The van der Waals surface area contributed by atoms with Crippen molar-refractivity contribution in [3.05, 3.63) is 101 Å². The molecule has 5 heterocycles. The summed E-state index contributed by atoms with van der Waals surface area (Å²) < 4.78 is 3.69. The topological polar surface area (TPSA) is 99.0 Å². The van der Waals surface area contributed by atoms with Crippen molar-refractivity contribution < 1.29 is 0 Å². The van der Waals surface area contributed by atoms with E-state index in [1.165, 1.54) is 0 Å². The molecule has 0 saturated carbocycles. The van der Waals surface area contributed by atoms with Crippen LogP contribution in [0.5, 0.6) is 0 Å². The van der Waals surface area contributed by atoms with Gasteiger partial charge in [0.1, 0.15) is 0 Å². The standard InChI is InChI=1S/C27H21N9S4/c1-3-8-18(9-4-1)22-16-39-26-31-29-24(35(26)33-22)37-14-20-12-7-13-21(28-20)15-38-25-30-32-27-36(25)34-23(17-40-27)19-10-5-2-6-11-19/h1-13H,14-17H2. The Bertz CT molecular complexity index is 1590. The van der Waals surface area contributed by atoms with Crippen LogP contribution in [0.1, 0.15) is 22.5 Å². The maximum Gasteiger partial charge on any atom is 0.213 e. The fraction of sp³-hybridized carbons (Fsp3) is 0.148. The minimum Gasteiger partial charge on any atom is -0.256 e. The number of rotatable bonds is 8. The molecule has 0 radical (unpaired) electrons. The molecule has 2 aliphatic heterocycles. The van der Waals surface area contributed by atoms with Crippen LogP contribution < -0.4 is 0 Å². The van der Waals surface area contributed by atoms with E-state index >= 15 is 0 Å². The second-order valence-electron chi connectivity index (χ2n) is 8.75. The van der Waals surface area contributed by atoms with E-state index in [0.29, 0.717) is 11.5 Å². The summed E-state index contributed by atoms with van der Waals surface area (Å²) in [6.45, 7) is 0. The zero-order valence-electron chi connectivity index (χ0n) is 21.0. The highest BCUT2D eigenvalue weighted by Crippen LogP contribution is 2.31. The van der Waals surface area contributed by atoms with Gasteiger partial charge in [0.05, 0.1) is 22.8 Å². The molecule has 0 saturated heterocycles. The fourth-order valence-corrected chi connectivity index (χ4v) is 7.47. The van der Waals surface area contributed by atoms with Crippen molar-refractivity contribution in [3.8, 4) is 0 Å². The van der Waals surface area contributed by atoms with Crippen LogP contribution in [-0.2, 0) is 11.5 Å². The Kier molecular flexibility index (Phi) is 7.42. The molecule has 0 spiro atoms. The first-order chi connectivity index (χ1) is 19.8. The van der Waals surface area contributed by atoms with Gasteiger partial charge >= 0.3 is 0 Å². The Morgan fingerprint density at radius 1 is 0.575 bits per heavy atom. The van der Waals surface area contributed by atoms with Gasteiger partial charge in [-0.25, -0.2) is 0 Å². The van der Waals surface area contributed by atoms with Crippen molar-refractivity contribution in [2.45, 2.75) is 32.1 Å². The van der Waals surface area contributed by atoms with Gasteiger partial charge in [-0.05, 0) is 23.3 Å². The van der Waals surface area contributed by atoms with Crippen LogP contribution in [0.3, 0.4) is 0 Å². The first-order valence-electron chi connectivity index (χ1n) is 12.4. The largest absolute Gasteiger partial charge is 0.256 e. The van der Waals surface area contributed by atoms with E-state index in [-0.39, 0.29) is 0 Å².